The number of carbonyl (C=O) groups excluding carboxylic acids is 2. The van der Waals surface area contributed by atoms with Crippen LogP contribution in [0.15, 0.2) is 84.6 Å². The fraction of sp³-hybridized carbons (Fsp3) is 0.185. The summed E-state index contributed by atoms with van der Waals surface area (Å²) >= 11 is 6.09. The van der Waals surface area contributed by atoms with Crippen molar-refractivity contribution in [3.05, 3.63) is 95.2 Å². The maximum absolute atomic E-state index is 13.4. The summed E-state index contributed by atoms with van der Waals surface area (Å²) < 4.78 is 5.90. The predicted octanol–water partition coefficient (Wildman–Crippen LogP) is 4.46. The Morgan fingerprint density at radius 2 is 1.65 bits per heavy atom. The summed E-state index contributed by atoms with van der Waals surface area (Å²) in [4.78, 5) is 32.2. The standard InChI is InChI=1S/C27H24ClN3O3/c28-21-8-6-7-20(17-21)18-25-27(33)31(23-11-4-5-12-24(23)34-25)19-26(32)30-15-13-29(14-16-30)22-9-2-1-3-10-22/h1-12,17-18H,13-16,19H2/b25-18+. The van der Waals surface area contributed by atoms with Crippen LogP contribution >= 0.6 is 11.6 Å². The molecule has 2 amide bonds. The van der Waals surface area contributed by atoms with Crippen molar-refractivity contribution in [2.75, 3.05) is 42.5 Å². The largest absolute Gasteiger partial charge is 0.449 e. The van der Waals surface area contributed by atoms with Gasteiger partial charge in [-0.25, -0.2) is 0 Å². The van der Waals surface area contributed by atoms with E-state index in [9.17, 15) is 9.59 Å². The summed E-state index contributed by atoms with van der Waals surface area (Å²) in [6, 6.07) is 24.6. The van der Waals surface area contributed by atoms with Gasteiger partial charge in [0.25, 0.3) is 5.91 Å². The molecule has 7 heteroatoms. The van der Waals surface area contributed by atoms with Crippen LogP contribution in [0, 0.1) is 0 Å². The number of hydrogen-bond acceptors (Lipinski definition) is 4. The van der Waals surface area contributed by atoms with Gasteiger partial charge in [-0.3, -0.25) is 14.5 Å². The lowest BCUT2D eigenvalue weighted by Gasteiger charge is -2.37. The number of nitrogens with zero attached hydrogens (tertiary/aromatic N) is 3. The highest BCUT2D eigenvalue weighted by Gasteiger charge is 2.33. The second-order valence-electron chi connectivity index (χ2n) is 8.23. The van der Waals surface area contributed by atoms with E-state index in [1.54, 1.807) is 30.3 Å². The second kappa shape index (κ2) is 9.61. The number of ether oxygens (including phenoxy) is 1. The fourth-order valence-corrected chi connectivity index (χ4v) is 4.45. The molecule has 5 rings (SSSR count). The summed E-state index contributed by atoms with van der Waals surface area (Å²) in [5.74, 6) is 0.259. The van der Waals surface area contributed by atoms with Crippen molar-refractivity contribution in [3.8, 4) is 5.75 Å². The lowest BCUT2D eigenvalue weighted by molar-refractivity contribution is -0.131. The Bertz CT molecular complexity index is 1240. The molecule has 2 heterocycles. The van der Waals surface area contributed by atoms with Crippen molar-refractivity contribution in [3.63, 3.8) is 0 Å². The van der Waals surface area contributed by atoms with Gasteiger partial charge in [0.1, 0.15) is 6.54 Å². The third-order valence-corrected chi connectivity index (χ3v) is 6.26. The number of carbonyl (C=O) groups is 2. The van der Waals surface area contributed by atoms with Crippen LogP contribution in [0.25, 0.3) is 6.08 Å². The zero-order valence-corrected chi connectivity index (χ0v) is 19.3. The number of fused-ring (bicyclic) bond motifs is 1. The number of amides is 2. The summed E-state index contributed by atoms with van der Waals surface area (Å²) in [5.41, 5.74) is 2.49. The number of benzene rings is 3. The van der Waals surface area contributed by atoms with Crippen LogP contribution in [-0.2, 0) is 9.59 Å². The minimum atomic E-state index is -0.352. The third kappa shape index (κ3) is 4.63. The monoisotopic (exact) mass is 473 g/mol. The van der Waals surface area contributed by atoms with E-state index in [-0.39, 0.29) is 24.1 Å². The molecule has 0 unspecified atom stereocenters. The average Bonchev–Trinajstić information content (AvgIpc) is 2.87. The normalized spacial score (nSPS) is 16.9. The molecule has 0 spiro atoms. The van der Waals surface area contributed by atoms with Gasteiger partial charge in [0.05, 0.1) is 5.69 Å². The molecular formula is C27H24ClN3O3. The van der Waals surface area contributed by atoms with Crippen molar-refractivity contribution in [1.29, 1.82) is 0 Å². The Balaban J connectivity index is 1.33. The molecule has 1 saturated heterocycles. The van der Waals surface area contributed by atoms with Crippen LogP contribution in [0.5, 0.6) is 5.75 Å². The molecule has 3 aromatic rings. The van der Waals surface area contributed by atoms with Crippen LogP contribution in [0.3, 0.4) is 0 Å². The molecule has 0 atom stereocenters. The van der Waals surface area contributed by atoms with Crippen LogP contribution in [0.4, 0.5) is 11.4 Å². The summed E-state index contributed by atoms with van der Waals surface area (Å²) in [6.07, 6.45) is 1.65. The van der Waals surface area contributed by atoms with E-state index < -0.39 is 0 Å². The number of halogens is 1. The van der Waals surface area contributed by atoms with Gasteiger partial charge in [-0.1, -0.05) is 54.1 Å². The van der Waals surface area contributed by atoms with Gasteiger partial charge in [-0.15, -0.1) is 0 Å². The number of anilines is 2. The van der Waals surface area contributed by atoms with Gasteiger partial charge < -0.3 is 14.5 Å². The Labute approximate surface area is 203 Å². The van der Waals surface area contributed by atoms with E-state index in [0.29, 0.717) is 29.5 Å². The van der Waals surface area contributed by atoms with Gasteiger partial charge in [0.15, 0.2) is 11.5 Å². The second-order valence-corrected chi connectivity index (χ2v) is 8.66. The minimum Gasteiger partial charge on any atom is -0.449 e. The lowest BCUT2D eigenvalue weighted by atomic mass is 10.1. The van der Waals surface area contributed by atoms with E-state index in [2.05, 4.69) is 17.0 Å². The molecule has 34 heavy (non-hydrogen) atoms. The number of para-hydroxylation sites is 3. The summed E-state index contributed by atoms with van der Waals surface area (Å²) in [7, 11) is 0. The number of hydrogen-bond donors (Lipinski definition) is 0. The Morgan fingerprint density at radius 3 is 2.41 bits per heavy atom. The van der Waals surface area contributed by atoms with Crippen LogP contribution < -0.4 is 14.5 Å². The maximum atomic E-state index is 13.4. The molecule has 0 aliphatic carbocycles. The zero-order chi connectivity index (χ0) is 23.5. The molecule has 172 valence electrons. The SMILES string of the molecule is O=C(CN1C(=O)/C(=C\c2cccc(Cl)c2)Oc2ccccc21)N1CCN(c2ccccc2)CC1. The highest BCUT2D eigenvalue weighted by atomic mass is 35.5. The van der Waals surface area contributed by atoms with E-state index in [0.717, 1.165) is 24.3 Å². The summed E-state index contributed by atoms with van der Waals surface area (Å²) in [6.45, 7) is 2.68. The molecule has 6 nitrogen and oxygen atoms in total. The average molecular weight is 474 g/mol. The van der Waals surface area contributed by atoms with Gasteiger partial charge in [0.2, 0.25) is 5.91 Å². The Kier molecular flexibility index (Phi) is 6.23. The molecule has 0 saturated carbocycles. The molecule has 0 aromatic heterocycles. The van der Waals surface area contributed by atoms with Crippen LogP contribution in [0.1, 0.15) is 5.56 Å². The van der Waals surface area contributed by atoms with E-state index in [4.69, 9.17) is 16.3 Å². The highest BCUT2D eigenvalue weighted by Crippen LogP contribution is 2.35. The van der Waals surface area contributed by atoms with Crippen molar-refractivity contribution in [2.45, 2.75) is 0 Å². The van der Waals surface area contributed by atoms with Crippen LogP contribution in [0.2, 0.25) is 5.02 Å². The van der Waals surface area contributed by atoms with Crippen molar-refractivity contribution < 1.29 is 14.3 Å². The first kappa shape index (κ1) is 22.0. The van der Waals surface area contributed by atoms with Gasteiger partial charge in [-0.05, 0) is 48.0 Å². The van der Waals surface area contributed by atoms with Gasteiger partial charge in [-0.2, -0.15) is 0 Å². The first-order valence-electron chi connectivity index (χ1n) is 11.2. The first-order chi connectivity index (χ1) is 16.6. The summed E-state index contributed by atoms with van der Waals surface area (Å²) in [5, 5.41) is 0.569. The predicted molar refractivity (Wildman–Crippen MR) is 134 cm³/mol. The minimum absolute atomic E-state index is 0.0442. The Morgan fingerprint density at radius 1 is 0.912 bits per heavy atom. The molecule has 0 N–H and O–H groups in total. The zero-order valence-electron chi connectivity index (χ0n) is 18.6. The molecule has 0 bridgehead atoms. The van der Waals surface area contributed by atoms with Crippen LogP contribution in [-0.4, -0.2) is 49.4 Å². The van der Waals surface area contributed by atoms with E-state index in [1.807, 2.05) is 47.4 Å². The molecular weight excluding hydrogens is 450 g/mol. The first-order valence-corrected chi connectivity index (χ1v) is 11.6. The fourth-order valence-electron chi connectivity index (χ4n) is 4.26. The van der Waals surface area contributed by atoms with Gasteiger partial charge >= 0.3 is 0 Å². The quantitative estimate of drug-likeness (QED) is 0.525. The van der Waals surface area contributed by atoms with Crippen molar-refractivity contribution in [1.82, 2.24) is 4.90 Å². The van der Waals surface area contributed by atoms with Gasteiger partial charge in [0, 0.05) is 36.9 Å². The maximum Gasteiger partial charge on any atom is 0.294 e. The lowest BCUT2D eigenvalue weighted by Crippen LogP contribution is -2.52. The third-order valence-electron chi connectivity index (χ3n) is 6.03. The van der Waals surface area contributed by atoms with Crippen molar-refractivity contribution in [2.24, 2.45) is 0 Å². The van der Waals surface area contributed by atoms with E-state index >= 15 is 0 Å². The number of rotatable bonds is 4. The van der Waals surface area contributed by atoms with E-state index in [1.165, 1.54) is 4.90 Å². The molecule has 3 aromatic carbocycles. The van der Waals surface area contributed by atoms with Crippen molar-refractivity contribution >= 4 is 40.9 Å². The smallest absolute Gasteiger partial charge is 0.294 e. The molecule has 0 radical (unpaired) electrons. The highest BCUT2D eigenvalue weighted by molar-refractivity contribution is 6.30. The number of piperazine rings is 1. The topological polar surface area (TPSA) is 53.1 Å². The molecule has 1 fully saturated rings. The molecule has 2 aliphatic heterocycles. The molecule has 2 aliphatic rings. The Hall–Kier alpha value is -3.77.